The third-order valence-corrected chi connectivity index (χ3v) is 4.95. The van der Waals surface area contributed by atoms with Crippen molar-refractivity contribution in [2.75, 3.05) is 0 Å². The van der Waals surface area contributed by atoms with Gasteiger partial charge in [0.05, 0.1) is 12.5 Å². The van der Waals surface area contributed by atoms with Gasteiger partial charge < -0.3 is 14.6 Å². The Balaban J connectivity index is 1.78. The molecule has 4 heteroatoms. The van der Waals surface area contributed by atoms with Crippen LogP contribution in [0.5, 0.6) is 5.75 Å². The predicted molar refractivity (Wildman–Crippen MR) is 92.4 cm³/mol. The van der Waals surface area contributed by atoms with Crippen molar-refractivity contribution in [3.05, 3.63) is 28.8 Å². The highest BCUT2D eigenvalue weighted by atomic mass is 16.5. The van der Waals surface area contributed by atoms with Crippen molar-refractivity contribution in [2.24, 2.45) is 0 Å². The zero-order valence-corrected chi connectivity index (χ0v) is 15.1. The molecule has 0 radical (unpaired) electrons. The molecule has 4 nitrogen and oxygen atoms in total. The van der Waals surface area contributed by atoms with E-state index >= 15 is 0 Å². The molecule has 0 aromatic heterocycles. The minimum absolute atomic E-state index is 0.117. The molecule has 2 aliphatic heterocycles. The third-order valence-electron chi connectivity index (χ3n) is 4.95. The molecule has 0 unspecified atom stereocenters. The van der Waals surface area contributed by atoms with Crippen LogP contribution in [0.3, 0.4) is 0 Å². The van der Waals surface area contributed by atoms with Crippen molar-refractivity contribution in [2.45, 2.75) is 83.5 Å². The maximum absolute atomic E-state index is 11.5. The van der Waals surface area contributed by atoms with E-state index in [0.29, 0.717) is 12.3 Å². The van der Waals surface area contributed by atoms with E-state index in [1.165, 1.54) is 16.7 Å². The van der Waals surface area contributed by atoms with Crippen LogP contribution in [0, 0.1) is 0 Å². The molecule has 0 amide bonds. The van der Waals surface area contributed by atoms with E-state index in [1.54, 1.807) is 0 Å². The van der Waals surface area contributed by atoms with E-state index in [1.807, 2.05) is 0 Å². The second kappa shape index (κ2) is 6.40. The second-order valence-electron chi connectivity index (χ2n) is 8.06. The molecule has 1 aromatic carbocycles. The van der Waals surface area contributed by atoms with Crippen molar-refractivity contribution in [1.82, 2.24) is 0 Å². The van der Waals surface area contributed by atoms with Crippen molar-refractivity contribution < 1.29 is 19.4 Å². The van der Waals surface area contributed by atoms with Crippen LogP contribution in [-0.4, -0.2) is 28.9 Å². The standard InChI is InChI=1S/C20H28O4/c1-12(2)16-8-6-13(19-17(16)11-20(3,4)24-19)5-7-15-9-14(21)10-18(22)23-15/h6,8,12,14-15,21H,5,7,9-11H2,1-4H3/t14-,15-/m1/s1. The molecule has 132 valence electrons. The largest absolute Gasteiger partial charge is 0.487 e. The normalized spacial score (nSPS) is 25.3. The number of aliphatic hydroxyl groups is 1. The smallest absolute Gasteiger partial charge is 0.308 e. The lowest BCUT2D eigenvalue weighted by Gasteiger charge is -2.26. The summed E-state index contributed by atoms with van der Waals surface area (Å²) in [5, 5.41) is 9.74. The van der Waals surface area contributed by atoms with E-state index in [-0.39, 0.29) is 24.1 Å². The summed E-state index contributed by atoms with van der Waals surface area (Å²) in [4.78, 5) is 11.5. The first kappa shape index (κ1) is 17.3. The fourth-order valence-electron chi connectivity index (χ4n) is 3.83. The Morgan fingerprint density at radius 2 is 2.08 bits per heavy atom. The number of benzene rings is 1. The summed E-state index contributed by atoms with van der Waals surface area (Å²) in [6.45, 7) is 8.67. The van der Waals surface area contributed by atoms with Gasteiger partial charge in [-0.15, -0.1) is 0 Å². The topological polar surface area (TPSA) is 55.8 Å². The van der Waals surface area contributed by atoms with Crippen molar-refractivity contribution in [3.8, 4) is 5.75 Å². The Hall–Kier alpha value is -1.55. The lowest BCUT2D eigenvalue weighted by atomic mass is 9.89. The molecule has 1 N–H and O–H groups in total. The summed E-state index contributed by atoms with van der Waals surface area (Å²) in [5.74, 6) is 1.20. The zero-order chi connectivity index (χ0) is 17.5. The predicted octanol–water partition coefficient (Wildman–Crippen LogP) is 3.52. The van der Waals surface area contributed by atoms with Crippen molar-refractivity contribution in [3.63, 3.8) is 0 Å². The molecular formula is C20H28O4. The van der Waals surface area contributed by atoms with E-state index in [0.717, 1.165) is 25.0 Å². The lowest BCUT2D eigenvalue weighted by Crippen LogP contribution is -2.32. The van der Waals surface area contributed by atoms with Crippen LogP contribution in [0.15, 0.2) is 12.1 Å². The van der Waals surface area contributed by atoms with E-state index < -0.39 is 6.10 Å². The van der Waals surface area contributed by atoms with Gasteiger partial charge in [0.15, 0.2) is 0 Å². The highest BCUT2D eigenvalue weighted by Crippen LogP contribution is 2.42. The number of cyclic esters (lactones) is 1. The quantitative estimate of drug-likeness (QED) is 0.857. The molecule has 0 bridgehead atoms. The van der Waals surface area contributed by atoms with E-state index in [4.69, 9.17) is 9.47 Å². The molecular weight excluding hydrogens is 304 g/mol. The Morgan fingerprint density at radius 3 is 2.75 bits per heavy atom. The molecule has 24 heavy (non-hydrogen) atoms. The van der Waals surface area contributed by atoms with Gasteiger partial charge in [-0.05, 0) is 43.7 Å². The summed E-state index contributed by atoms with van der Waals surface area (Å²) in [6, 6.07) is 4.36. The van der Waals surface area contributed by atoms with Gasteiger partial charge in [-0.25, -0.2) is 0 Å². The van der Waals surface area contributed by atoms with Gasteiger partial charge in [-0.2, -0.15) is 0 Å². The van der Waals surface area contributed by atoms with Gasteiger partial charge in [0.2, 0.25) is 0 Å². The number of carbonyl (C=O) groups is 1. The summed E-state index contributed by atoms with van der Waals surface area (Å²) in [6.07, 6.45) is 2.33. The molecule has 1 aromatic rings. The SMILES string of the molecule is CC(C)c1ccc(CC[C@@H]2C[C@@H](O)CC(=O)O2)c2c1CC(C)(C)O2. The first-order chi connectivity index (χ1) is 11.2. The summed E-state index contributed by atoms with van der Waals surface area (Å²) < 4.78 is 11.6. The number of esters is 1. The molecule has 0 saturated carbocycles. The van der Waals surface area contributed by atoms with Crippen LogP contribution in [0.1, 0.15) is 69.6 Å². The average molecular weight is 332 g/mol. The molecule has 3 rings (SSSR count). The van der Waals surface area contributed by atoms with Gasteiger partial charge in [0.25, 0.3) is 0 Å². The number of carbonyl (C=O) groups excluding carboxylic acids is 1. The minimum atomic E-state index is -0.569. The molecule has 1 saturated heterocycles. The maximum atomic E-state index is 11.5. The third kappa shape index (κ3) is 3.59. The Morgan fingerprint density at radius 1 is 1.33 bits per heavy atom. The lowest BCUT2D eigenvalue weighted by molar-refractivity contribution is -0.160. The first-order valence-corrected chi connectivity index (χ1v) is 8.96. The average Bonchev–Trinajstić information content (AvgIpc) is 2.78. The van der Waals surface area contributed by atoms with Gasteiger partial charge in [0.1, 0.15) is 17.5 Å². The number of rotatable bonds is 4. The number of hydrogen-bond acceptors (Lipinski definition) is 4. The molecule has 0 spiro atoms. The Kier molecular flexibility index (Phi) is 4.60. The van der Waals surface area contributed by atoms with Crippen LogP contribution < -0.4 is 4.74 Å². The van der Waals surface area contributed by atoms with Crippen LogP contribution >= 0.6 is 0 Å². The Labute approximate surface area is 144 Å². The van der Waals surface area contributed by atoms with Crippen LogP contribution in [0.2, 0.25) is 0 Å². The molecule has 2 atom stereocenters. The zero-order valence-electron chi connectivity index (χ0n) is 15.1. The first-order valence-electron chi connectivity index (χ1n) is 8.96. The molecule has 2 heterocycles. The van der Waals surface area contributed by atoms with Crippen LogP contribution in [-0.2, 0) is 22.4 Å². The second-order valence-corrected chi connectivity index (χ2v) is 8.06. The monoisotopic (exact) mass is 332 g/mol. The van der Waals surface area contributed by atoms with Crippen LogP contribution in [0.4, 0.5) is 0 Å². The van der Waals surface area contributed by atoms with E-state index in [9.17, 15) is 9.90 Å². The highest BCUT2D eigenvalue weighted by Gasteiger charge is 2.34. The van der Waals surface area contributed by atoms with Gasteiger partial charge in [-0.3, -0.25) is 4.79 Å². The summed E-state index contributed by atoms with van der Waals surface area (Å²) in [5.41, 5.74) is 3.69. The fraction of sp³-hybridized carbons (Fsp3) is 0.650. The molecule has 0 aliphatic carbocycles. The molecule has 1 fully saturated rings. The van der Waals surface area contributed by atoms with Gasteiger partial charge in [0, 0.05) is 18.4 Å². The number of hydrogen-bond donors (Lipinski definition) is 1. The van der Waals surface area contributed by atoms with Gasteiger partial charge in [-0.1, -0.05) is 26.0 Å². The van der Waals surface area contributed by atoms with Gasteiger partial charge >= 0.3 is 5.97 Å². The highest BCUT2D eigenvalue weighted by molar-refractivity contribution is 5.71. The van der Waals surface area contributed by atoms with E-state index in [2.05, 4.69) is 39.8 Å². The Bertz CT molecular complexity index is 633. The van der Waals surface area contributed by atoms with Crippen molar-refractivity contribution >= 4 is 5.97 Å². The molecule has 2 aliphatic rings. The minimum Gasteiger partial charge on any atom is -0.487 e. The van der Waals surface area contributed by atoms with Crippen LogP contribution in [0.25, 0.3) is 0 Å². The number of fused-ring (bicyclic) bond motifs is 1. The number of aryl methyl sites for hydroxylation is 1. The number of ether oxygens (including phenoxy) is 2. The maximum Gasteiger partial charge on any atom is 0.308 e. The summed E-state index contributed by atoms with van der Waals surface area (Å²) >= 11 is 0. The summed E-state index contributed by atoms with van der Waals surface area (Å²) in [7, 11) is 0. The van der Waals surface area contributed by atoms with Crippen molar-refractivity contribution in [1.29, 1.82) is 0 Å². The fourth-order valence-corrected chi connectivity index (χ4v) is 3.83. The number of aliphatic hydroxyl groups excluding tert-OH is 1.